The molecule has 1 aliphatic carbocycles. The van der Waals surface area contributed by atoms with Crippen molar-refractivity contribution >= 4 is 27.5 Å². The predicted molar refractivity (Wildman–Crippen MR) is 102 cm³/mol. The fraction of sp³-hybridized carbons (Fsp3) is 0.400. The summed E-state index contributed by atoms with van der Waals surface area (Å²) in [7, 11) is 0. The Hall–Kier alpha value is -1.72. The Morgan fingerprint density at radius 2 is 2.04 bits per heavy atom. The number of ether oxygens (including phenoxy) is 1. The first-order valence-electron chi connectivity index (χ1n) is 8.76. The number of anilines is 1. The lowest BCUT2D eigenvalue weighted by Crippen LogP contribution is -2.39. The van der Waals surface area contributed by atoms with E-state index < -0.39 is 0 Å². The van der Waals surface area contributed by atoms with Gasteiger partial charge in [0.25, 0.3) is 0 Å². The number of carbonyl (C=O) groups is 1. The molecule has 1 amide bonds. The maximum atomic E-state index is 12.4. The number of benzene rings is 1. The average molecular weight is 403 g/mol. The van der Waals surface area contributed by atoms with Gasteiger partial charge in [0.2, 0.25) is 5.91 Å². The van der Waals surface area contributed by atoms with Crippen molar-refractivity contribution in [2.24, 2.45) is 5.92 Å². The highest BCUT2D eigenvalue weighted by atomic mass is 79.9. The van der Waals surface area contributed by atoms with E-state index in [1.165, 1.54) is 0 Å². The second-order valence-corrected chi connectivity index (χ2v) is 7.28. The zero-order valence-electron chi connectivity index (χ0n) is 14.4. The normalized spacial score (nSPS) is 19.3. The first-order chi connectivity index (χ1) is 12.2. The van der Waals surface area contributed by atoms with Gasteiger partial charge in [-0.3, -0.25) is 9.78 Å². The molecule has 1 saturated carbocycles. The van der Waals surface area contributed by atoms with Crippen molar-refractivity contribution in [1.29, 1.82) is 0 Å². The molecule has 4 nitrogen and oxygen atoms in total. The Balaban J connectivity index is 1.47. The first kappa shape index (κ1) is 18.1. The molecule has 2 aromatic rings. The Labute approximate surface area is 157 Å². The molecule has 0 radical (unpaired) electrons. The molecule has 132 valence electrons. The monoisotopic (exact) mass is 402 g/mol. The quantitative estimate of drug-likeness (QED) is 0.727. The number of aromatic nitrogens is 1. The summed E-state index contributed by atoms with van der Waals surface area (Å²) in [5.74, 6) is 0.0678. The van der Waals surface area contributed by atoms with Crippen LogP contribution in [0.3, 0.4) is 0 Å². The SMILES string of the molecule is CCCc1cncc(NC(=O)C2CC(OCc3ccccc3)C2)c1Br. The standard InChI is InChI=1S/C20H23BrN2O2/c1-2-6-15-11-22-12-18(19(15)21)23-20(24)16-9-17(10-16)25-13-14-7-4-3-5-8-14/h3-5,7-8,11-12,16-17H,2,6,9-10,13H2,1H3,(H,23,24). The molecule has 0 atom stereocenters. The molecule has 1 aromatic heterocycles. The molecular formula is C20H23BrN2O2. The lowest BCUT2D eigenvalue weighted by atomic mass is 9.81. The molecular weight excluding hydrogens is 380 g/mol. The first-order valence-corrected chi connectivity index (χ1v) is 9.55. The topological polar surface area (TPSA) is 51.2 Å². The molecule has 0 spiro atoms. The second-order valence-electron chi connectivity index (χ2n) is 6.49. The Kier molecular flexibility index (Phi) is 6.21. The van der Waals surface area contributed by atoms with E-state index in [0.717, 1.165) is 47.0 Å². The number of hydrogen-bond donors (Lipinski definition) is 1. The summed E-state index contributed by atoms with van der Waals surface area (Å²) >= 11 is 3.58. The summed E-state index contributed by atoms with van der Waals surface area (Å²) in [6, 6.07) is 10.1. The van der Waals surface area contributed by atoms with E-state index in [-0.39, 0.29) is 17.9 Å². The molecule has 1 heterocycles. The van der Waals surface area contributed by atoms with Crippen LogP contribution < -0.4 is 5.32 Å². The maximum absolute atomic E-state index is 12.4. The maximum Gasteiger partial charge on any atom is 0.227 e. The van der Waals surface area contributed by atoms with Crippen molar-refractivity contribution in [3.8, 4) is 0 Å². The Morgan fingerprint density at radius 1 is 1.28 bits per heavy atom. The van der Waals surface area contributed by atoms with Crippen LogP contribution in [0.5, 0.6) is 0 Å². The molecule has 5 heteroatoms. The van der Waals surface area contributed by atoms with Gasteiger partial charge in [-0.05, 0) is 46.3 Å². The Morgan fingerprint density at radius 3 is 2.76 bits per heavy atom. The molecule has 25 heavy (non-hydrogen) atoms. The van der Waals surface area contributed by atoms with E-state index in [1.54, 1.807) is 6.20 Å². The van der Waals surface area contributed by atoms with E-state index in [2.05, 4.69) is 45.3 Å². The van der Waals surface area contributed by atoms with Crippen LogP contribution in [0.4, 0.5) is 5.69 Å². The average Bonchev–Trinajstić information content (AvgIpc) is 2.58. The van der Waals surface area contributed by atoms with Gasteiger partial charge < -0.3 is 10.1 Å². The number of pyridine rings is 1. The predicted octanol–water partition coefficient (Wildman–Crippen LogP) is 4.73. The molecule has 3 rings (SSSR count). The van der Waals surface area contributed by atoms with Crippen LogP contribution in [0.1, 0.15) is 37.3 Å². The molecule has 1 N–H and O–H groups in total. The highest BCUT2D eigenvalue weighted by Crippen LogP contribution is 2.33. The molecule has 0 unspecified atom stereocenters. The van der Waals surface area contributed by atoms with Crippen LogP contribution in [0, 0.1) is 5.92 Å². The summed E-state index contributed by atoms with van der Waals surface area (Å²) in [5, 5.41) is 3.00. The number of amides is 1. The molecule has 0 aliphatic heterocycles. The van der Waals surface area contributed by atoms with Crippen molar-refractivity contribution < 1.29 is 9.53 Å². The Bertz CT molecular complexity index is 715. The van der Waals surface area contributed by atoms with Crippen molar-refractivity contribution in [1.82, 2.24) is 4.98 Å². The summed E-state index contributed by atoms with van der Waals surface area (Å²) in [6.45, 7) is 2.73. The highest BCUT2D eigenvalue weighted by molar-refractivity contribution is 9.10. The number of carbonyl (C=O) groups excluding carboxylic acids is 1. The number of nitrogens with zero attached hydrogens (tertiary/aromatic N) is 1. The van der Waals surface area contributed by atoms with Gasteiger partial charge in [-0.25, -0.2) is 0 Å². The van der Waals surface area contributed by atoms with Crippen LogP contribution >= 0.6 is 15.9 Å². The van der Waals surface area contributed by atoms with Crippen molar-refractivity contribution in [2.75, 3.05) is 5.32 Å². The van der Waals surface area contributed by atoms with Gasteiger partial charge in [0.1, 0.15) is 0 Å². The molecule has 0 bridgehead atoms. The third-order valence-electron chi connectivity index (χ3n) is 4.52. The lowest BCUT2D eigenvalue weighted by Gasteiger charge is -2.34. The van der Waals surface area contributed by atoms with Gasteiger partial charge in [0.15, 0.2) is 0 Å². The molecule has 1 aliphatic rings. The second kappa shape index (κ2) is 8.59. The van der Waals surface area contributed by atoms with Crippen LogP contribution in [0.2, 0.25) is 0 Å². The van der Waals surface area contributed by atoms with E-state index >= 15 is 0 Å². The van der Waals surface area contributed by atoms with Gasteiger partial charge in [-0.2, -0.15) is 0 Å². The van der Waals surface area contributed by atoms with Crippen LogP contribution in [-0.4, -0.2) is 17.0 Å². The summed E-state index contributed by atoms with van der Waals surface area (Å²) in [4.78, 5) is 16.6. The number of halogens is 1. The highest BCUT2D eigenvalue weighted by Gasteiger charge is 2.35. The fourth-order valence-electron chi connectivity index (χ4n) is 2.96. The summed E-state index contributed by atoms with van der Waals surface area (Å²) in [5.41, 5.74) is 3.04. The molecule has 1 fully saturated rings. The van der Waals surface area contributed by atoms with Crippen LogP contribution in [0.15, 0.2) is 47.2 Å². The van der Waals surface area contributed by atoms with Gasteiger partial charge in [0, 0.05) is 16.6 Å². The number of nitrogens with one attached hydrogen (secondary N) is 1. The van der Waals surface area contributed by atoms with Gasteiger partial charge in [-0.15, -0.1) is 0 Å². The number of rotatable bonds is 7. The minimum Gasteiger partial charge on any atom is -0.373 e. The van der Waals surface area contributed by atoms with E-state index in [9.17, 15) is 4.79 Å². The minimum atomic E-state index is 0.0162. The van der Waals surface area contributed by atoms with Crippen molar-refractivity contribution in [2.45, 2.75) is 45.3 Å². The van der Waals surface area contributed by atoms with Gasteiger partial charge >= 0.3 is 0 Å². The third kappa shape index (κ3) is 4.67. The van der Waals surface area contributed by atoms with E-state index in [1.807, 2.05) is 24.4 Å². The zero-order valence-corrected chi connectivity index (χ0v) is 16.0. The molecule has 1 aromatic carbocycles. The largest absolute Gasteiger partial charge is 0.373 e. The van der Waals surface area contributed by atoms with Crippen LogP contribution in [0.25, 0.3) is 0 Å². The van der Waals surface area contributed by atoms with Gasteiger partial charge in [-0.1, -0.05) is 43.7 Å². The third-order valence-corrected chi connectivity index (χ3v) is 5.46. The smallest absolute Gasteiger partial charge is 0.227 e. The zero-order chi connectivity index (χ0) is 17.6. The lowest BCUT2D eigenvalue weighted by molar-refractivity contribution is -0.129. The molecule has 0 saturated heterocycles. The minimum absolute atomic E-state index is 0.0162. The number of aryl methyl sites for hydroxylation is 1. The number of hydrogen-bond acceptors (Lipinski definition) is 3. The van der Waals surface area contributed by atoms with Crippen LogP contribution in [-0.2, 0) is 22.6 Å². The van der Waals surface area contributed by atoms with Crippen molar-refractivity contribution in [3.63, 3.8) is 0 Å². The van der Waals surface area contributed by atoms with E-state index in [0.29, 0.717) is 6.61 Å². The van der Waals surface area contributed by atoms with Gasteiger partial charge in [0.05, 0.1) is 24.6 Å². The van der Waals surface area contributed by atoms with Crippen molar-refractivity contribution in [3.05, 3.63) is 58.3 Å². The summed E-state index contributed by atoms with van der Waals surface area (Å²) < 4.78 is 6.81. The van der Waals surface area contributed by atoms with E-state index in [4.69, 9.17) is 4.74 Å². The summed E-state index contributed by atoms with van der Waals surface area (Å²) in [6.07, 6.45) is 7.25. The fourth-order valence-corrected chi connectivity index (χ4v) is 3.46.